The van der Waals surface area contributed by atoms with E-state index in [1.165, 1.54) is 13.2 Å². The minimum absolute atomic E-state index is 0.433. The number of rotatable bonds is 4. The molecule has 0 saturated carbocycles. The van der Waals surface area contributed by atoms with Crippen LogP contribution in [0, 0.1) is 0 Å². The van der Waals surface area contributed by atoms with Crippen LogP contribution < -0.4 is 10.1 Å². The van der Waals surface area contributed by atoms with Gasteiger partial charge >= 0.3 is 6.18 Å². The van der Waals surface area contributed by atoms with Gasteiger partial charge in [-0.3, -0.25) is 9.97 Å². The smallest absolute Gasteiger partial charge is 0.417 e. The van der Waals surface area contributed by atoms with Crippen molar-refractivity contribution in [3.63, 3.8) is 0 Å². The zero-order valence-electron chi connectivity index (χ0n) is 11.5. The van der Waals surface area contributed by atoms with Crippen molar-refractivity contribution in [1.29, 1.82) is 0 Å². The summed E-state index contributed by atoms with van der Waals surface area (Å²) in [5.74, 6) is 0.540. The predicted octanol–water partition coefficient (Wildman–Crippen LogP) is 2.81. The molecule has 2 rings (SSSR count). The molecule has 7 heteroatoms. The van der Waals surface area contributed by atoms with E-state index in [9.17, 15) is 13.2 Å². The third-order valence-electron chi connectivity index (χ3n) is 2.99. The molecule has 112 valence electrons. The summed E-state index contributed by atoms with van der Waals surface area (Å²) in [6.45, 7) is 0. The summed E-state index contributed by atoms with van der Waals surface area (Å²) in [6.07, 6.45) is -2.00. The molecule has 2 aromatic heterocycles. The Bertz CT molecular complexity index is 599. The number of methoxy groups -OCH3 is 1. The molecule has 1 atom stereocenters. The van der Waals surface area contributed by atoms with Crippen LogP contribution in [0.1, 0.15) is 23.0 Å². The van der Waals surface area contributed by atoms with Gasteiger partial charge in [-0.2, -0.15) is 13.2 Å². The standard InChI is InChI=1S/C14H14F3N3O/c1-18-12(13-11(21-2)4-3-7-19-13)10-6-5-9(8-20-10)14(15,16)17/h3-8,12,18H,1-2H3. The number of hydrogen-bond acceptors (Lipinski definition) is 4. The molecule has 0 spiro atoms. The molecule has 2 heterocycles. The lowest BCUT2D eigenvalue weighted by atomic mass is 10.1. The summed E-state index contributed by atoms with van der Waals surface area (Å²) in [5, 5.41) is 2.98. The van der Waals surface area contributed by atoms with Gasteiger partial charge in [0, 0.05) is 12.4 Å². The topological polar surface area (TPSA) is 47.0 Å². The fourth-order valence-corrected chi connectivity index (χ4v) is 1.96. The molecule has 0 amide bonds. The third-order valence-corrected chi connectivity index (χ3v) is 2.99. The van der Waals surface area contributed by atoms with Crippen molar-refractivity contribution in [2.45, 2.75) is 12.2 Å². The summed E-state index contributed by atoms with van der Waals surface area (Å²) in [4.78, 5) is 8.11. The van der Waals surface area contributed by atoms with Gasteiger partial charge < -0.3 is 10.1 Å². The number of hydrogen-bond donors (Lipinski definition) is 1. The molecule has 1 N–H and O–H groups in total. The number of pyridine rings is 2. The Hall–Kier alpha value is -2.15. The normalized spacial score (nSPS) is 13.0. The fraction of sp³-hybridized carbons (Fsp3) is 0.286. The molecule has 0 aromatic carbocycles. The number of nitrogens with one attached hydrogen (secondary N) is 1. The molecular weight excluding hydrogens is 283 g/mol. The van der Waals surface area contributed by atoms with Gasteiger partial charge in [0.25, 0.3) is 0 Å². The molecule has 2 aromatic rings. The molecule has 0 bridgehead atoms. The number of aromatic nitrogens is 2. The van der Waals surface area contributed by atoms with Gasteiger partial charge in [-0.1, -0.05) is 0 Å². The predicted molar refractivity (Wildman–Crippen MR) is 70.9 cm³/mol. The van der Waals surface area contributed by atoms with E-state index >= 15 is 0 Å². The van der Waals surface area contributed by atoms with Gasteiger partial charge in [-0.05, 0) is 31.3 Å². The maximum atomic E-state index is 12.6. The van der Waals surface area contributed by atoms with Gasteiger partial charge in [0.2, 0.25) is 0 Å². The van der Waals surface area contributed by atoms with Crippen molar-refractivity contribution in [1.82, 2.24) is 15.3 Å². The van der Waals surface area contributed by atoms with Crippen LogP contribution in [-0.4, -0.2) is 24.1 Å². The first kappa shape index (κ1) is 15.2. The summed E-state index contributed by atoms with van der Waals surface area (Å²) >= 11 is 0. The highest BCUT2D eigenvalue weighted by atomic mass is 19.4. The highest BCUT2D eigenvalue weighted by Gasteiger charge is 2.31. The Morgan fingerprint density at radius 3 is 2.48 bits per heavy atom. The summed E-state index contributed by atoms with van der Waals surface area (Å²) in [7, 11) is 3.19. The minimum atomic E-state index is -4.40. The van der Waals surface area contributed by atoms with E-state index in [1.54, 1.807) is 25.4 Å². The first-order chi connectivity index (χ1) is 9.97. The molecule has 1 unspecified atom stereocenters. The summed E-state index contributed by atoms with van der Waals surface area (Å²) in [6, 6.07) is 5.33. The van der Waals surface area contributed by atoms with Crippen LogP contribution in [0.3, 0.4) is 0 Å². The summed E-state index contributed by atoms with van der Waals surface area (Å²) in [5.41, 5.74) is 0.214. The Kier molecular flexibility index (Phi) is 4.42. The molecule has 0 aliphatic rings. The second-order valence-corrected chi connectivity index (χ2v) is 4.28. The first-order valence-electron chi connectivity index (χ1n) is 6.16. The molecule has 0 saturated heterocycles. The van der Waals surface area contributed by atoms with E-state index in [1.807, 2.05) is 0 Å². The van der Waals surface area contributed by atoms with Crippen molar-refractivity contribution >= 4 is 0 Å². The van der Waals surface area contributed by atoms with Crippen LogP contribution in [0.25, 0.3) is 0 Å². The molecule has 0 aliphatic carbocycles. The van der Waals surface area contributed by atoms with E-state index in [-0.39, 0.29) is 0 Å². The van der Waals surface area contributed by atoms with E-state index in [2.05, 4.69) is 15.3 Å². The van der Waals surface area contributed by atoms with Crippen molar-refractivity contribution in [3.8, 4) is 5.75 Å². The lowest BCUT2D eigenvalue weighted by molar-refractivity contribution is -0.137. The monoisotopic (exact) mass is 297 g/mol. The Labute approximate surface area is 120 Å². The van der Waals surface area contributed by atoms with Crippen molar-refractivity contribution in [3.05, 3.63) is 53.6 Å². The van der Waals surface area contributed by atoms with E-state index in [0.717, 1.165) is 12.3 Å². The molecule has 4 nitrogen and oxygen atoms in total. The van der Waals surface area contributed by atoms with E-state index in [0.29, 0.717) is 17.1 Å². The van der Waals surface area contributed by atoms with E-state index in [4.69, 9.17) is 4.74 Å². The largest absolute Gasteiger partial charge is 0.495 e. The van der Waals surface area contributed by atoms with Crippen LogP contribution in [0.4, 0.5) is 13.2 Å². The van der Waals surface area contributed by atoms with Gasteiger partial charge in [-0.25, -0.2) is 0 Å². The van der Waals surface area contributed by atoms with Crippen molar-refractivity contribution in [2.75, 3.05) is 14.2 Å². The van der Waals surface area contributed by atoms with Gasteiger partial charge in [0.15, 0.2) is 0 Å². The molecule has 0 aliphatic heterocycles. The second kappa shape index (κ2) is 6.09. The van der Waals surface area contributed by atoms with Crippen LogP contribution in [-0.2, 0) is 6.18 Å². The maximum absolute atomic E-state index is 12.6. The molecule has 21 heavy (non-hydrogen) atoms. The molecule has 0 radical (unpaired) electrons. The van der Waals surface area contributed by atoms with Gasteiger partial charge in [0.05, 0.1) is 24.4 Å². The van der Waals surface area contributed by atoms with Crippen LogP contribution >= 0.6 is 0 Å². The average Bonchev–Trinajstić information content (AvgIpc) is 2.48. The minimum Gasteiger partial charge on any atom is -0.495 e. The lowest BCUT2D eigenvalue weighted by Gasteiger charge is -2.18. The third kappa shape index (κ3) is 3.30. The zero-order valence-corrected chi connectivity index (χ0v) is 11.5. The Morgan fingerprint density at radius 2 is 1.95 bits per heavy atom. The van der Waals surface area contributed by atoms with Gasteiger partial charge in [0.1, 0.15) is 11.4 Å². The summed E-state index contributed by atoms with van der Waals surface area (Å²) < 4.78 is 42.9. The number of halogens is 3. The quantitative estimate of drug-likeness (QED) is 0.942. The first-order valence-corrected chi connectivity index (χ1v) is 6.16. The molecular formula is C14H14F3N3O. The SMILES string of the molecule is CNC(c1ccc(C(F)(F)F)cn1)c1ncccc1OC. The average molecular weight is 297 g/mol. The van der Waals surface area contributed by atoms with Crippen LogP contribution in [0.5, 0.6) is 5.75 Å². The Balaban J connectivity index is 2.38. The van der Waals surface area contributed by atoms with Crippen LogP contribution in [0.2, 0.25) is 0 Å². The van der Waals surface area contributed by atoms with Crippen molar-refractivity contribution < 1.29 is 17.9 Å². The van der Waals surface area contributed by atoms with E-state index < -0.39 is 17.8 Å². The number of ether oxygens (including phenoxy) is 1. The Morgan fingerprint density at radius 1 is 1.19 bits per heavy atom. The maximum Gasteiger partial charge on any atom is 0.417 e. The number of nitrogens with zero attached hydrogens (tertiary/aromatic N) is 2. The highest BCUT2D eigenvalue weighted by molar-refractivity contribution is 5.35. The molecule has 0 fully saturated rings. The highest BCUT2D eigenvalue weighted by Crippen LogP contribution is 2.31. The zero-order chi connectivity index (χ0) is 15.5. The fourth-order valence-electron chi connectivity index (χ4n) is 1.96. The van der Waals surface area contributed by atoms with Crippen molar-refractivity contribution in [2.24, 2.45) is 0 Å². The second-order valence-electron chi connectivity index (χ2n) is 4.28. The van der Waals surface area contributed by atoms with Crippen LogP contribution in [0.15, 0.2) is 36.7 Å². The lowest BCUT2D eigenvalue weighted by Crippen LogP contribution is -2.21. The van der Waals surface area contributed by atoms with Gasteiger partial charge in [-0.15, -0.1) is 0 Å². The number of alkyl halides is 3.